The van der Waals surface area contributed by atoms with E-state index in [2.05, 4.69) is 95.6 Å². The van der Waals surface area contributed by atoms with Crippen molar-refractivity contribution in [2.75, 3.05) is 0 Å². The molecular formula is C32H17N3OS. The molecule has 1 aliphatic heterocycles. The Bertz CT molecular complexity index is 2230. The molecule has 0 saturated heterocycles. The van der Waals surface area contributed by atoms with E-state index in [1.54, 1.807) is 11.3 Å². The minimum atomic E-state index is 0.672. The van der Waals surface area contributed by atoms with Crippen molar-refractivity contribution >= 4 is 64.2 Å². The summed E-state index contributed by atoms with van der Waals surface area (Å²) in [6, 6.07) is 35.8. The summed E-state index contributed by atoms with van der Waals surface area (Å²) >= 11 is 1.75. The van der Waals surface area contributed by atoms with E-state index < -0.39 is 0 Å². The molecule has 4 nitrogen and oxygen atoms in total. The van der Waals surface area contributed by atoms with Crippen LogP contribution in [-0.2, 0) is 0 Å². The highest BCUT2D eigenvalue weighted by molar-refractivity contribution is 7.26. The summed E-state index contributed by atoms with van der Waals surface area (Å²) < 4.78 is 10.9. The molecule has 5 heteroatoms. The van der Waals surface area contributed by atoms with Crippen LogP contribution < -0.4 is 4.74 Å². The first-order valence-corrected chi connectivity index (χ1v) is 13.1. The largest absolute Gasteiger partial charge is 0.456 e. The van der Waals surface area contributed by atoms with E-state index in [1.807, 2.05) is 12.1 Å². The number of hydrogen-bond acceptors (Lipinski definition) is 4. The Hall–Kier alpha value is -4.74. The molecule has 4 heterocycles. The molecule has 0 aliphatic carbocycles. The minimum Gasteiger partial charge on any atom is -0.456 e. The molecule has 0 amide bonds. The van der Waals surface area contributed by atoms with Crippen LogP contribution in [0.15, 0.2) is 103 Å². The standard InChI is InChI=1S/C32H17N3OS/c1-2-8-19(9-3-1)29-31-30(20-11-4-5-15-25(20)37-31)34-32(33-29)35-21-12-7-14-24-27(21)28-22(35)17-16-18-10-6-13-23(36-24)26(18)28/h1-17H. The molecule has 0 radical (unpaired) electrons. The average molecular weight is 492 g/mol. The average Bonchev–Trinajstić information content (AvgIpc) is 3.50. The lowest BCUT2D eigenvalue weighted by Crippen LogP contribution is -2.02. The van der Waals surface area contributed by atoms with Crippen LogP contribution >= 0.6 is 11.3 Å². The van der Waals surface area contributed by atoms with Gasteiger partial charge >= 0.3 is 0 Å². The summed E-state index contributed by atoms with van der Waals surface area (Å²) in [6.07, 6.45) is 0. The van der Waals surface area contributed by atoms with Crippen molar-refractivity contribution < 1.29 is 4.74 Å². The number of hydrogen-bond donors (Lipinski definition) is 0. The topological polar surface area (TPSA) is 39.9 Å². The first-order chi connectivity index (χ1) is 18.3. The second-order valence-electron chi connectivity index (χ2n) is 9.42. The third-order valence-electron chi connectivity index (χ3n) is 7.40. The Balaban J connectivity index is 1.48. The van der Waals surface area contributed by atoms with Crippen molar-refractivity contribution in [1.29, 1.82) is 0 Å². The Morgan fingerprint density at radius 3 is 2.32 bits per heavy atom. The van der Waals surface area contributed by atoms with Crippen LogP contribution in [0.2, 0.25) is 0 Å². The first-order valence-electron chi connectivity index (χ1n) is 12.3. The molecule has 0 unspecified atom stereocenters. The molecular weight excluding hydrogens is 474 g/mol. The highest BCUT2D eigenvalue weighted by atomic mass is 32.1. The molecule has 9 rings (SSSR count). The molecule has 37 heavy (non-hydrogen) atoms. The number of aromatic nitrogens is 3. The number of benzene rings is 5. The maximum Gasteiger partial charge on any atom is 0.235 e. The van der Waals surface area contributed by atoms with E-state index in [-0.39, 0.29) is 0 Å². The van der Waals surface area contributed by atoms with E-state index in [4.69, 9.17) is 14.7 Å². The monoisotopic (exact) mass is 491 g/mol. The van der Waals surface area contributed by atoms with Crippen molar-refractivity contribution in [3.05, 3.63) is 103 Å². The van der Waals surface area contributed by atoms with Gasteiger partial charge in [0.15, 0.2) is 0 Å². The van der Waals surface area contributed by atoms with Crippen LogP contribution in [0.5, 0.6) is 11.5 Å². The molecule has 3 aromatic heterocycles. The van der Waals surface area contributed by atoms with Crippen LogP contribution in [0.1, 0.15) is 0 Å². The Morgan fingerprint density at radius 1 is 0.622 bits per heavy atom. The molecule has 0 saturated carbocycles. The SMILES string of the molecule is c1ccc(-c2nc(-n3c4cccc5c4c4c6c(cccc6ccc43)O5)nc3c2sc2ccccc23)cc1. The van der Waals surface area contributed by atoms with Crippen LogP contribution in [-0.4, -0.2) is 14.5 Å². The number of rotatable bonds is 2. The highest BCUT2D eigenvalue weighted by Crippen LogP contribution is 2.49. The zero-order chi connectivity index (χ0) is 24.1. The van der Waals surface area contributed by atoms with E-state index >= 15 is 0 Å². The van der Waals surface area contributed by atoms with Gasteiger partial charge in [0.25, 0.3) is 0 Å². The summed E-state index contributed by atoms with van der Waals surface area (Å²) in [5.41, 5.74) is 5.17. The fraction of sp³-hybridized carbons (Fsp3) is 0. The van der Waals surface area contributed by atoms with Gasteiger partial charge in [0.05, 0.1) is 32.3 Å². The molecule has 0 fully saturated rings. The van der Waals surface area contributed by atoms with Crippen LogP contribution in [0.4, 0.5) is 0 Å². The lowest BCUT2D eigenvalue weighted by Gasteiger charge is -2.15. The Morgan fingerprint density at radius 2 is 1.41 bits per heavy atom. The summed E-state index contributed by atoms with van der Waals surface area (Å²) in [5.74, 6) is 2.44. The quantitative estimate of drug-likeness (QED) is 0.242. The maximum atomic E-state index is 6.39. The third kappa shape index (κ3) is 2.51. The first kappa shape index (κ1) is 19.4. The zero-order valence-electron chi connectivity index (χ0n) is 19.5. The predicted molar refractivity (Wildman–Crippen MR) is 152 cm³/mol. The fourth-order valence-electron chi connectivity index (χ4n) is 5.84. The van der Waals surface area contributed by atoms with E-state index in [1.165, 1.54) is 15.5 Å². The molecule has 0 N–H and O–H groups in total. The van der Waals surface area contributed by atoms with Crippen LogP contribution in [0, 0.1) is 0 Å². The van der Waals surface area contributed by atoms with Gasteiger partial charge in [-0.15, -0.1) is 11.3 Å². The molecule has 0 spiro atoms. The van der Waals surface area contributed by atoms with Gasteiger partial charge in [-0.05, 0) is 35.7 Å². The van der Waals surface area contributed by atoms with Crippen molar-refractivity contribution in [1.82, 2.24) is 14.5 Å². The van der Waals surface area contributed by atoms with Crippen LogP contribution in [0.3, 0.4) is 0 Å². The number of ether oxygens (including phenoxy) is 1. The van der Waals surface area contributed by atoms with Crippen molar-refractivity contribution in [3.8, 4) is 28.7 Å². The van der Waals surface area contributed by atoms with E-state index in [9.17, 15) is 0 Å². The van der Waals surface area contributed by atoms with Gasteiger partial charge in [-0.3, -0.25) is 4.57 Å². The molecule has 172 valence electrons. The Kier molecular flexibility index (Phi) is 3.64. The molecule has 5 aromatic carbocycles. The summed E-state index contributed by atoms with van der Waals surface area (Å²) in [7, 11) is 0. The van der Waals surface area contributed by atoms with E-state index in [0.717, 1.165) is 60.2 Å². The maximum absolute atomic E-state index is 6.39. The molecule has 1 aliphatic rings. The minimum absolute atomic E-state index is 0.672. The molecule has 0 atom stereocenters. The second kappa shape index (κ2) is 6.93. The van der Waals surface area contributed by atoms with Crippen molar-refractivity contribution in [2.24, 2.45) is 0 Å². The van der Waals surface area contributed by atoms with Gasteiger partial charge < -0.3 is 4.74 Å². The van der Waals surface area contributed by atoms with E-state index in [0.29, 0.717) is 5.95 Å². The lowest BCUT2D eigenvalue weighted by molar-refractivity contribution is 0.493. The number of fused-ring (bicyclic) bond motifs is 3. The van der Waals surface area contributed by atoms with Gasteiger partial charge in [0, 0.05) is 26.4 Å². The second-order valence-corrected chi connectivity index (χ2v) is 10.5. The summed E-state index contributed by atoms with van der Waals surface area (Å²) in [4.78, 5) is 10.5. The van der Waals surface area contributed by atoms with Gasteiger partial charge in [-0.2, -0.15) is 0 Å². The van der Waals surface area contributed by atoms with Crippen molar-refractivity contribution in [2.45, 2.75) is 0 Å². The smallest absolute Gasteiger partial charge is 0.235 e. The molecule has 0 bridgehead atoms. The highest BCUT2D eigenvalue weighted by Gasteiger charge is 2.25. The number of nitrogens with zero attached hydrogens (tertiary/aromatic N) is 3. The number of thiophene rings is 1. The lowest BCUT2D eigenvalue weighted by atomic mass is 10.0. The third-order valence-corrected chi connectivity index (χ3v) is 8.56. The fourth-order valence-corrected chi connectivity index (χ4v) is 6.99. The normalized spacial score (nSPS) is 12.5. The van der Waals surface area contributed by atoms with Crippen molar-refractivity contribution in [3.63, 3.8) is 0 Å². The van der Waals surface area contributed by atoms with Gasteiger partial charge in [-0.1, -0.05) is 72.8 Å². The zero-order valence-corrected chi connectivity index (χ0v) is 20.3. The summed E-state index contributed by atoms with van der Waals surface area (Å²) in [5, 5.41) is 5.79. The van der Waals surface area contributed by atoms with Crippen LogP contribution in [0.25, 0.3) is 70.1 Å². The predicted octanol–water partition coefficient (Wildman–Crippen LogP) is 8.87. The molecule has 8 aromatic rings. The van der Waals surface area contributed by atoms with Gasteiger partial charge in [0.1, 0.15) is 11.5 Å². The Labute approximate surface area is 215 Å². The summed E-state index contributed by atoms with van der Waals surface area (Å²) in [6.45, 7) is 0. The van der Waals surface area contributed by atoms with Gasteiger partial charge in [-0.25, -0.2) is 9.97 Å². The van der Waals surface area contributed by atoms with Gasteiger partial charge in [0.2, 0.25) is 5.95 Å².